The molecule has 0 aromatic heterocycles. The molecule has 0 bridgehead atoms. The normalized spacial score (nSPS) is 30.1. The predicted molar refractivity (Wildman–Crippen MR) is 74.4 cm³/mol. The van der Waals surface area contributed by atoms with E-state index in [4.69, 9.17) is 0 Å². The maximum absolute atomic E-state index is 11.9. The Kier molecular flexibility index (Phi) is 5.48. The molecular weight excluding hydrogens is 224 g/mol. The maximum atomic E-state index is 11.9. The Morgan fingerprint density at radius 1 is 1.17 bits per heavy atom. The van der Waals surface area contributed by atoms with E-state index >= 15 is 0 Å². The standard InChI is InChI=1S/C15H28N2O/c1-2-16-15(18)14-11-13(8-9-17-14)10-12-6-4-3-5-7-12/h12-14,17H,2-11H2,1H3,(H,16,18). The van der Waals surface area contributed by atoms with Gasteiger partial charge in [-0.05, 0) is 44.6 Å². The van der Waals surface area contributed by atoms with Gasteiger partial charge in [-0.3, -0.25) is 4.79 Å². The number of piperidine rings is 1. The highest BCUT2D eigenvalue weighted by molar-refractivity contribution is 5.81. The molecule has 1 aliphatic carbocycles. The first-order valence-electron chi connectivity index (χ1n) is 7.80. The number of hydrogen-bond acceptors (Lipinski definition) is 2. The molecule has 2 fully saturated rings. The van der Waals surface area contributed by atoms with Crippen LogP contribution in [-0.2, 0) is 4.79 Å². The first kappa shape index (κ1) is 13.9. The van der Waals surface area contributed by atoms with Gasteiger partial charge in [0, 0.05) is 6.54 Å². The summed E-state index contributed by atoms with van der Waals surface area (Å²) in [5.41, 5.74) is 0. The number of hydrogen-bond donors (Lipinski definition) is 2. The molecule has 3 heteroatoms. The van der Waals surface area contributed by atoms with Gasteiger partial charge in [0.2, 0.25) is 5.91 Å². The average molecular weight is 252 g/mol. The van der Waals surface area contributed by atoms with Crippen LogP contribution in [0.3, 0.4) is 0 Å². The van der Waals surface area contributed by atoms with Crippen molar-refractivity contribution in [3.8, 4) is 0 Å². The zero-order chi connectivity index (χ0) is 12.8. The minimum Gasteiger partial charge on any atom is -0.355 e. The molecule has 0 aromatic carbocycles. The van der Waals surface area contributed by atoms with Crippen LogP contribution in [0.2, 0.25) is 0 Å². The number of carbonyl (C=O) groups excluding carboxylic acids is 1. The lowest BCUT2D eigenvalue weighted by Gasteiger charge is -2.33. The summed E-state index contributed by atoms with van der Waals surface area (Å²) in [7, 11) is 0. The summed E-state index contributed by atoms with van der Waals surface area (Å²) in [5, 5.41) is 6.30. The third-order valence-corrected chi connectivity index (χ3v) is 4.57. The quantitative estimate of drug-likeness (QED) is 0.807. The predicted octanol–water partition coefficient (Wildman–Crippen LogP) is 2.46. The van der Waals surface area contributed by atoms with Gasteiger partial charge in [-0.15, -0.1) is 0 Å². The third kappa shape index (κ3) is 3.98. The highest BCUT2D eigenvalue weighted by Crippen LogP contribution is 2.32. The smallest absolute Gasteiger partial charge is 0.237 e. The van der Waals surface area contributed by atoms with Gasteiger partial charge in [-0.25, -0.2) is 0 Å². The van der Waals surface area contributed by atoms with Crippen LogP contribution in [0.5, 0.6) is 0 Å². The van der Waals surface area contributed by atoms with Gasteiger partial charge >= 0.3 is 0 Å². The molecule has 2 aliphatic rings. The van der Waals surface area contributed by atoms with Crippen molar-refractivity contribution in [3.05, 3.63) is 0 Å². The van der Waals surface area contributed by atoms with Crippen LogP contribution in [0.25, 0.3) is 0 Å². The van der Waals surface area contributed by atoms with E-state index in [1.807, 2.05) is 6.92 Å². The Balaban J connectivity index is 1.77. The van der Waals surface area contributed by atoms with Crippen LogP contribution in [0.4, 0.5) is 0 Å². The Morgan fingerprint density at radius 2 is 1.94 bits per heavy atom. The molecule has 2 unspecified atom stereocenters. The van der Waals surface area contributed by atoms with Gasteiger partial charge in [0.1, 0.15) is 0 Å². The van der Waals surface area contributed by atoms with Gasteiger partial charge in [-0.2, -0.15) is 0 Å². The first-order valence-corrected chi connectivity index (χ1v) is 7.80. The molecule has 3 nitrogen and oxygen atoms in total. The van der Waals surface area contributed by atoms with Gasteiger partial charge in [0.15, 0.2) is 0 Å². The second-order valence-electron chi connectivity index (χ2n) is 6.03. The van der Waals surface area contributed by atoms with Gasteiger partial charge < -0.3 is 10.6 Å². The molecule has 2 rings (SSSR count). The van der Waals surface area contributed by atoms with E-state index in [1.54, 1.807) is 0 Å². The topological polar surface area (TPSA) is 41.1 Å². The molecule has 0 radical (unpaired) electrons. The Bertz CT molecular complexity index is 261. The molecule has 1 heterocycles. The van der Waals surface area contributed by atoms with Gasteiger partial charge in [0.25, 0.3) is 0 Å². The monoisotopic (exact) mass is 252 g/mol. The van der Waals surface area contributed by atoms with Crippen molar-refractivity contribution < 1.29 is 4.79 Å². The molecule has 2 N–H and O–H groups in total. The van der Waals surface area contributed by atoms with E-state index in [2.05, 4.69) is 10.6 Å². The summed E-state index contributed by atoms with van der Waals surface area (Å²) in [6.45, 7) is 3.74. The minimum absolute atomic E-state index is 0.0623. The molecule has 1 amide bonds. The fraction of sp³-hybridized carbons (Fsp3) is 0.933. The number of nitrogens with one attached hydrogen (secondary N) is 2. The van der Waals surface area contributed by atoms with Gasteiger partial charge in [-0.1, -0.05) is 32.1 Å². The van der Waals surface area contributed by atoms with Crippen molar-refractivity contribution in [2.75, 3.05) is 13.1 Å². The molecule has 2 atom stereocenters. The van der Waals surface area contributed by atoms with Crippen LogP contribution in [0.15, 0.2) is 0 Å². The largest absolute Gasteiger partial charge is 0.355 e. The summed E-state index contributed by atoms with van der Waals surface area (Å²) in [6, 6.07) is 0.0623. The zero-order valence-electron chi connectivity index (χ0n) is 11.7. The number of carbonyl (C=O) groups is 1. The van der Waals surface area contributed by atoms with Crippen molar-refractivity contribution in [2.45, 2.75) is 64.3 Å². The minimum atomic E-state index is 0.0623. The van der Waals surface area contributed by atoms with E-state index in [1.165, 1.54) is 44.9 Å². The lowest BCUT2D eigenvalue weighted by molar-refractivity contribution is -0.124. The lowest BCUT2D eigenvalue weighted by atomic mass is 9.78. The van der Waals surface area contributed by atoms with E-state index < -0.39 is 0 Å². The molecule has 0 aromatic rings. The van der Waals surface area contributed by atoms with Crippen molar-refractivity contribution in [1.29, 1.82) is 0 Å². The lowest BCUT2D eigenvalue weighted by Crippen LogP contribution is -2.48. The molecular formula is C15H28N2O. The van der Waals surface area contributed by atoms with E-state index in [0.29, 0.717) is 0 Å². The van der Waals surface area contributed by atoms with Crippen LogP contribution >= 0.6 is 0 Å². The van der Waals surface area contributed by atoms with Crippen LogP contribution in [0.1, 0.15) is 58.3 Å². The second kappa shape index (κ2) is 7.13. The molecule has 18 heavy (non-hydrogen) atoms. The molecule has 0 spiro atoms. The summed E-state index contributed by atoms with van der Waals surface area (Å²) in [6.07, 6.45) is 10.8. The fourth-order valence-corrected chi connectivity index (χ4v) is 3.60. The Morgan fingerprint density at radius 3 is 2.67 bits per heavy atom. The van der Waals surface area contributed by atoms with Crippen molar-refractivity contribution in [2.24, 2.45) is 11.8 Å². The zero-order valence-corrected chi connectivity index (χ0v) is 11.7. The van der Waals surface area contributed by atoms with Gasteiger partial charge in [0.05, 0.1) is 6.04 Å². The number of likely N-dealkylation sites (N-methyl/N-ethyl adjacent to an activating group) is 1. The van der Waals surface area contributed by atoms with E-state index in [0.717, 1.165) is 31.3 Å². The van der Waals surface area contributed by atoms with Crippen molar-refractivity contribution in [1.82, 2.24) is 10.6 Å². The SMILES string of the molecule is CCNC(=O)C1CC(CC2CCCCC2)CCN1. The molecule has 104 valence electrons. The maximum Gasteiger partial charge on any atom is 0.237 e. The van der Waals surface area contributed by atoms with Crippen molar-refractivity contribution in [3.63, 3.8) is 0 Å². The summed E-state index contributed by atoms with van der Waals surface area (Å²) < 4.78 is 0. The highest BCUT2D eigenvalue weighted by atomic mass is 16.2. The summed E-state index contributed by atoms with van der Waals surface area (Å²) in [4.78, 5) is 11.9. The number of amides is 1. The third-order valence-electron chi connectivity index (χ3n) is 4.57. The van der Waals surface area contributed by atoms with E-state index in [-0.39, 0.29) is 11.9 Å². The van der Waals surface area contributed by atoms with Crippen LogP contribution < -0.4 is 10.6 Å². The van der Waals surface area contributed by atoms with Crippen LogP contribution in [-0.4, -0.2) is 25.0 Å². The van der Waals surface area contributed by atoms with Crippen LogP contribution in [0, 0.1) is 11.8 Å². The summed E-state index contributed by atoms with van der Waals surface area (Å²) in [5.74, 6) is 1.91. The fourth-order valence-electron chi connectivity index (χ4n) is 3.60. The molecule has 1 saturated heterocycles. The molecule has 1 saturated carbocycles. The first-order chi connectivity index (χ1) is 8.79. The Hall–Kier alpha value is -0.570. The summed E-state index contributed by atoms with van der Waals surface area (Å²) >= 11 is 0. The van der Waals surface area contributed by atoms with E-state index in [9.17, 15) is 4.79 Å². The highest BCUT2D eigenvalue weighted by Gasteiger charge is 2.28. The second-order valence-corrected chi connectivity index (χ2v) is 6.03. The van der Waals surface area contributed by atoms with Crippen molar-refractivity contribution >= 4 is 5.91 Å². The Labute approximate surface area is 111 Å². The molecule has 1 aliphatic heterocycles. The number of rotatable bonds is 4. The average Bonchev–Trinajstić information content (AvgIpc) is 2.40.